The number of hydrogen-bond acceptors (Lipinski definition) is 5. The Morgan fingerprint density at radius 3 is 2.76 bits per heavy atom. The number of nitrogens with two attached hydrogens (primary N) is 1. The maximum absolute atomic E-state index is 13.9. The molecule has 2 aromatic carbocycles. The van der Waals surface area contributed by atoms with E-state index in [0.29, 0.717) is 11.3 Å². The van der Waals surface area contributed by atoms with Gasteiger partial charge in [-0.2, -0.15) is 0 Å². The second-order valence-corrected chi connectivity index (χ2v) is 4.27. The first kappa shape index (κ1) is 14.8. The number of aliphatic hydroxyl groups is 1. The van der Waals surface area contributed by atoms with Crippen LogP contribution in [0.5, 0.6) is 11.5 Å². The number of methoxy groups -OCH3 is 1. The molecule has 0 radical (unpaired) electrons. The fourth-order valence-electron chi connectivity index (χ4n) is 1.77. The van der Waals surface area contributed by atoms with Gasteiger partial charge in [-0.25, -0.2) is 9.18 Å². The third kappa shape index (κ3) is 3.29. The highest BCUT2D eigenvalue weighted by atomic mass is 19.1. The van der Waals surface area contributed by atoms with Gasteiger partial charge in [-0.3, -0.25) is 0 Å². The number of hydrogen-bond donors (Lipinski definition) is 2. The first-order valence-electron chi connectivity index (χ1n) is 6.10. The minimum absolute atomic E-state index is 0.0206. The molecule has 0 fully saturated rings. The molecule has 0 atom stereocenters. The van der Waals surface area contributed by atoms with Gasteiger partial charge in [0.25, 0.3) is 0 Å². The third-order valence-corrected chi connectivity index (χ3v) is 2.82. The second-order valence-electron chi connectivity index (χ2n) is 4.27. The number of rotatable bonds is 4. The number of benzene rings is 2. The van der Waals surface area contributed by atoms with Crippen molar-refractivity contribution in [2.45, 2.75) is 6.61 Å². The molecule has 0 aliphatic rings. The smallest absolute Gasteiger partial charge is 0.340 e. The fourth-order valence-corrected chi connectivity index (χ4v) is 1.77. The highest BCUT2D eigenvalue weighted by Gasteiger charge is 2.16. The monoisotopic (exact) mass is 291 g/mol. The van der Waals surface area contributed by atoms with Crippen molar-refractivity contribution >= 4 is 11.7 Å². The lowest BCUT2D eigenvalue weighted by Gasteiger charge is -2.11. The molecule has 0 spiro atoms. The van der Waals surface area contributed by atoms with E-state index in [1.807, 2.05) is 0 Å². The van der Waals surface area contributed by atoms with Crippen LogP contribution < -0.4 is 10.5 Å². The summed E-state index contributed by atoms with van der Waals surface area (Å²) >= 11 is 0. The highest BCUT2D eigenvalue weighted by Crippen LogP contribution is 2.29. The Hall–Kier alpha value is -2.60. The van der Waals surface area contributed by atoms with Crippen LogP contribution in [0.15, 0.2) is 36.4 Å². The van der Waals surface area contributed by atoms with Crippen molar-refractivity contribution in [3.05, 3.63) is 53.3 Å². The molecule has 0 aliphatic carbocycles. The maximum atomic E-state index is 13.9. The molecule has 0 unspecified atom stereocenters. The van der Waals surface area contributed by atoms with E-state index in [9.17, 15) is 9.18 Å². The van der Waals surface area contributed by atoms with Gasteiger partial charge in [0.1, 0.15) is 5.75 Å². The van der Waals surface area contributed by atoms with Crippen molar-refractivity contribution in [2.24, 2.45) is 0 Å². The van der Waals surface area contributed by atoms with E-state index in [4.69, 9.17) is 15.6 Å². The molecule has 21 heavy (non-hydrogen) atoms. The van der Waals surface area contributed by atoms with Crippen molar-refractivity contribution in [1.82, 2.24) is 0 Å². The van der Waals surface area contributed by atoms with Gasteiger partial charge < -0.3 is 20.3 Å². The minimum atomic E-state index is -0.699. The third-order valence-electron chi connectivity index (χ3n) is 2.82. The van der Waals surface area contributed by atoms with Gasteiger partial charge in [-0.1, -0.05) is 12.1 Å². The molecular weight excluding hydrogens is 277 g/mol. The summed E-state index contributed by atoms with van der Waals surface area (Å²) in [6.07, 6.45) is 0. The Morgan fingerprint density at radius 1 is 1.33 bits per heavy atom. The lowest BCUT2D eigenvalue weighted by molar-refractivity contribution is 0.0601. The Bertz CT molecular complexity index is 673. The number of ether oxygens (including phenoxy) is 2. The predicted molar refractivity (Wildman–Crippen MR) is 74.6 cm³/mol. The summed E-state index contributed by atoms with van der Waals surface area (Å²) in [5.41, 5.74) is 6.19. The van der Waals surface area contributed by atoms with Crippen molar-refractivity contribution in [2.75, 3.05) is 12.8 Å². The summed E-state index contributed by atoms with van der Waals surface area (Å²) < 4.78 is 23.8. The first-order valence-corrected chi connectivity index (χ1v) is 6.10. The Morgan fingerprint density at radius 2 is 2.10 bits per heavy atom. The zero-order valence-corrected chi connectivity index (χ0v) is 11.3. The summed E-state index contributed by atoms with van der Waals surface area (Å²) in [4.78, 5) is 11.5. The fraction of sp³-hybridized carbons (Fsp3) is 0.133. The lowest BCUT2D eigenvalue weighted by atomic mass is 10.1. The molecule has 0 saturated heterocycles. The average Bonchev–Trinajstić information content (AvgIpc) is 2.49. The van der Waals surface area contributed by atoms with E-state index in [-0.39, 0.29) is 23.6 Å². The number of esters is 1. The van der Waals surface area contributed by atoms with Crippen LogP contribution in [0.25, 0.3) is 0 Å². The highest BCUT2D eigenvalue weighted by molar-refractivity contribution is 5.95. The van der Waals surface area contributed by atoms with Gasteiger partial charge in [0, 0.05) is 17.8 Å². The van der Waals surface area contributed by atoms with E-state index < -0.39 is 11.8 Å². The van der Waals surface area contributed by atoms with Gasteiger partial charge in [0.2, 0.25) is 0 Å². The number of aliphatic hydroxyl groups excluding tert-OH is 1. The summed E-state index contributed by atoms with van der Waals surface area (Å²) in [5.74, 6) is -1.20. The Kier molecular flexibility index (Phi) is 4.39. The summed E-state index contributed by atoms with van der Waals surface area (Å²) in [6.45, 7) is -0.158. The summed E-state index contributed by atoms with van der Waals surface area (Å²) in [5, 5.41) is 9.06. The molecule has 0 saturated carbocycles. The number of anilines is 1. The van der Waals surface area contributed by atoms with Crippen molar-refractivity contribution in [1.29, 1.82) is 0 Å². The molecule has 0 heterocycles. The van der Waals surface area contributed by atoms with Crippen LogP contribution in [0.1, 0.15) is 15.9 Å². The topological polar surface area (TPSA) is 81.8 Å². The van der Waals surface area contributed by atoms with E-state index >= 15 is 0 Å². The predicted octanol–water partition coefficient (Wildman–Crippen LogP) is 2.48. The van der Waals surface area contributed by atoms with Crippen LogP contribution in [0.4, 0.5) is 10.1 Å². The van der Waals surface area contributed by atoms with Gasteiger partial charge in [0.05, 0.1) is 19.3 Å². The zero-order chi connectivity index (χ0) is 15.4. The maximum Gasteiger partial charge on any atom is 0.340 e. The molecule has 0 aliphatic heterocycles. The van der Waals surface area contributed by atoms with Gasteiger partial charge in [-0.15, -0.1) is 0 Å². The van der Waals surface area contributed by atoms with Crippen molar-refractivity contribution in [3.63, 3.8) is 0 Å². The standard InChI is InChI=1S/C15H14FNO4/c1-20-15(19)11-6-14(12(16)7-13(11)17)21-10-4-2-3-9(5-10)8-18/h2-7,18H,8,17H2,1H3. The number of nitrogen functional groups attached to an aromatic ring is 1. The van der Waals surface area contributed by atoms with Crippen LogP contribution in [0.2, 0.25) is 0 Å². The number of carbonyl (C=O) groups is 1. The first-order chi connectivity index (χ1) is 10.0. The Labute approximate surface area is 120 Å². The number of halogens is 1. The van der Waals surface area contributed by atoms with Gasteiger partial charge >= 0.3 is 5.97 Å². The molecule has 0 amide bonds. The quantitative estimate of drug-likeness (QED) is 0.668. The molecule has 6 heteroatoms. The summed E-state index contributed by atoms with van der Waals surface area (Å²) in [6, 6.07) is 8.71. The van der Waals surface area contributed by atoms with E-state index in [0.717, 1.165) is 6.07 Å². The van der Waals surface area contributed by atoms with Gasteiger partial charge in [0.15, 0.2) is 11.6 Å². The molecule has 0 aromatic heterocycles. The van der Waals surface area contributed by atoms with E-state index in [1.165, 1.54) is 13.2 Å². The second kappa shape index (κ2) is 6.23. The van der Waals surface area contributed by atoms with Crippen LogP contribution in [-0.2, 0) is 11.3 Å². The molecule has 3 N–H and O–H groups in total. The normalized spacial score (nSPS) is 10.2. The lowest BCUT2D eigenvalue weighted by Crippen LogP contribution is -2.06. The SMILES string of the molecule is COC(=O)c1cc(Oc2cccc(CO)c2)c(F)cc1N. The Balaban J connectivity index is 2.37. The van der Waals surface area contributed by atoms with Crippen molar-refractivity contribution in [3.8, 4) is 11.5 Å². The van der Waals surface area contributed by atoms with Crippen LogP contribution in [0.3, 0.4) is 0 Å². The molecule has 0 bridgehead atoms. The molecule has 110 valence electrons. The van der Waals surface area contributed by atoms with Crippen LogP contribution in [-0.4, -0.2) is 18.2 Å². The molecular formula is C15H14FNO4. The summed E-state index contributed by atoms with van der Waals surface area (Å²) in [7, 11) is 1.20. The number of carbonyl (C=O) groups excluding carboxylic acids is 1. The van der Waals surface area contributed by atoms with E-state index in [1.54, 1.807) is 24.3 Å². The van der Waals surface area contributed by atoms with Crippen LogP contribution in [0, 0.1) is 5.82 Å². The molecule has 2 aromatic rings. The van der Waals surface area contributed by atoms with Gasteiger partial charge in [-0.05, 0) is 17.7 Å². The molecule has 5 nitrogen and oxygen atoms in total. The van der Waals surface area contributed by atoms with Crippen LogP contribution >= 0.6 is 0 Å². The molecule has 2 rings (SSSR count). The average molecular weight is 291 g/mol. The largest absolute Gasteiger partial charge is 0.465 e. The zero-order valence-electron chi connectivity index (χ0n) is 11.3. The van der Waals surface area contributed by atoms with E-state index in [2.05, 4.69) is 4.74 Å². The van der Waals surface area contributed by atoms with Crippen molar-refractivity contribution < 1.29 is 23.8 Å². The minimum Gasteiger partial charge on any atom is -0.465 e.